The van der Waals surface area contributed by atoms with Crippen LogP contribution in [0.3, 0.4) is 0 Å². The number of nitrogens with two attached hydrogens (primary N) is 1. The number of rotatable bonds is 1. The molecule has 1 aromatic rings. The van der Waals surface area contributed by atoms with E-state index in [1.165, 1.54) is 0 Å². The lowest BCUT2D eigenvalue weighted by atomic mass is 10.2. The molecule has 1 aromatic heterocycles. The zero-order chi connectivity index (χ0) is 8.72. The number of hydrogen-bond acceptors (Lipinski definition) is 3. The summed E-state index contributed by atoms with van der Waals surface area (Å²) in [5, 5.41) is 6.65. The Morgan fingerprint density at radius 2 is 2.42 bits per heavy atom. The number of fused-ring (bicyclic) bond motifs is 1. The summed E-state index contributed by atoms with van der Waals surface area (Å²) in [5.74, 6) is -0.456. The topological polar surface area (TPSA) is 75.0 Å². The Bertz CT molecular complexity index is 330. The number of nitrogens with zero attached hydrogens (tertiary/aromatic N) is 2. The maximum Gasteiger partial charge on any atom is 0.269 e. The van der Waals surface area contributed by atoms with Gasteiger partial charge in [0, 0.05) is 18.7 Å². The zero-order valence-electron chi connectivity index (χ0n) is 6.79. The third-order valence-corrected chi connectivity index (χ3v) is 2.04. The normalized spacial score (nSPS) is 16.4. The van der Waals surface area contributed by atoms with Gasteiger partial charge < -0.3 is 5.73 Å². The van der Waals surface area contributed by atoms with E-state index in [2.05, 4.69) is 15.1 Å². The van der Waals surface area contributed by atoms with Crippen molar-refractivity contribution < 1.29 is 4.79 Å². The molecule has 5 nitrogen and oxygen atoms in total. The number of H-pyrrole nitrogens is 1. The predicted molar refractivity (Wildman–Crippen MR) is 42.3 cm³/mol. The fourth-order valence-electron chi connectivity index (χ4n) is 1.50. The van der Waals surface area contributed by atoms with Gasteiger partial charge in [0.05, 0.1) is 5.69 Å². The molecule has 0 saturated heterocycles. The minimum absolute atomic E-state index is 0.384. The summed E-state index contributed by atoms with van der Waals surface area (Å²) in [6, 6.07) is 0. The molecule has 2 rings (SSSR count). The summed E-state index contributed by atoms with van der Waals surface area (Å²) in [6.45, 7) is 1.57. The van der Waals surface area contributed by atoms with Gasteiger partial charge in [0.15, 0.2) is 5.69 Å². The highest BCUT2D eigenvalue weighted by Gasteiger charge is 2.24. The first kappa shape index (κ1) is 7.30. The lowest BCUT2D eigenvalue weighted by Gasteiger charge is -2.04. The van der Waals surface area contributed by atoms with Crippen molar-refractivity contribution in [2.45, 2.75) is 13.1 Å². The van der Waals surface area contributed by atoms with Crippen LogP contribution < -0.4 is 5.73 Å². The molecule has 5 heteroatoms. The first-order valence-corrected chi connectivity index (χ1v) is 3.73. The van der Waals surface area contributed by atoms with Gasteiger partial charge in [-0.2, -0.15) is 5.10 Å². The minimum atomic E-state index is -0.456. The fourth-order valence-corrected chi connectivity index (χ4v) is 1.50. The molecule has 1 aliphatic heterocycles. The summed E-state index contributed by atoms with van der Waals surface area (Å²) in [5.41, 5.74) is 7.48. The number of aromatic nitrogens is 2. The molecule has 3 N–H and O–H groups in total. The Balaban J connectivity index is 2.43. The van der Waals surface area contributed by atoms with Crippen LogP contribution in [0.5, 0.6) is 0 Å². The van der Waals surface area contributed by atoms with Crippen LogP contribution in [0, 0.1) is 0 Å². The van der Waals surface area contributed by atoms with Gasteiger partial charge in [0.25, 0.3) is 5.91 Å². The Kier molecular flexibility index (Phi) is 1.41. The molecule has 2 heterocycles. The highest BCUT2D eigenvalue weighted by atomic mass is 16.1. The van der Waals surface area contributed by atoms with Crippen LogP contribution in [0.1, 0.15) is 21.7 Å². The molecule has 0 aromatic carbocycles. The predicted octanol–water partition coefficient (Wildman–Crippen LogP) is -0.546. The Morgan fingerprint density at radius 3 is 3.08 bits per heavy atom. The molecule has 0 unspecified atom stereocenters. The lowest BCUT2D eigenvalue weighted by Crippen LogP contribution is -2.16. The van der Waals surface area contributed by atoms with Gasteiger partial charge in [-0.3, -0.25) is 14.8 Å². The molecule has 0 aliphatic carbocycles. The van der Waals surface area contributed by atoms with E-state index in [-0.39, 0.29) is 0 Å². The van der Waals surface area contributed by atoms with E-state index >= 15 is 0 Å². The van der Waals surface area contributed by atoms with Gasteiger partial charge in [0.2, 0.25) is 0 Å². The SMILES string of the molecule is CN1Cc2[nH]nc(C(N)=O)c2C1. The second-order valence-electron chi connectivity index (χ2n) is 3.07. The first-order valence-electron chi connectivity index (χ1n) is 3.73. The summed E-state index contributed by atoms with van der Waals surface area (Å²) < 4.78 is 0. The highest BCUT2D eigenvalue weighted by Crippen LogP contribution is 2.21. The standard InChI is InChI=1S/C7H10N4O/c1-11-2-4-5(3-11)9-10-6(4)7(8)12/h2-3H2,1H3,(H2,8,12)(H,9,10). The number of primary amides is 1. The quantitative estimate of drug-likeness (QED) is 0.588. The van der Waals surface area contributed by atoms with Crippen molar-refractivity contribution in [2.24, 2.45) is 5.73 Å². The molecule has 0 spiro atoms. The van der Waals surface area contributed by atoms with Crippen molar-refractivity contribution >= 4 is 5.91 Å². The maximum atomic E-state index is 10.8. The Labute approximate surface area is 69.5 Å². The third-order valence-electron chi connectivity index (χ3n) is 2.04. The average Bonchev–Trinajstić information content (AvgIpc) is 2.43. The second-order valence-corrected chi connectivity index (χ2v) is 3.07. The smallest absolute Gasteiger partial charge is 0.269 e. The van der Waals surface area contributed by atoms with Gasteiger partial charge in [-0.15, -0.1) is 0 Å². The Hall–Kier alpha value is -1.36. The molecule has 0 atom stereocenters. The average molecular weight is 166 g/mol. The minimum Gasteiger partial charge on any atom is -0.364 e. The van der Waals surface area contributed by atoms with Gasteiger partial charge in [0.1, 0.15) is 0 Å². The first-order chi connectivity index (χ1) is 5.68. The van der Waals surface area contributed by atoms with Crippen molar-refractivity contribution in [1.29, 1.82) is 0 Å². The molecule has 1 aliphatic rings. The van der Waals surface area contributed by atoms with Gasteiger partial charge in [-0.1, -0.05) is 0 Å². The molecular formula is C7H10N4O. The third kappa shape index (κ3) is 0.902. The monoisotopic (exact) mass is 166 g/mol. The number of aromatic amines is 1. The van der Waals surface area contributed by atoms with Crippen LogP contribution in [-0.4, -0.2) is 28.1 Å². The molecule has 0 radical (unpaired) electrons. The summed E-state index contributed by atoms with van der Waals surface area (Å²) in [6.07, 6.45) is 0. The second kappa shape index (κ2) is 2.31. The zero-order valence-corrected chi connectivity index (χ0v) is 6.79. The number of carbonyl (C=O) groups is 1. The summed E-state index contributed by atoms with van der Waals surface area (Å²) >= 11 is 0. The van der Waals surface area contributed by atoms with E-state index in [1.54, 1.807) is 0 Å². The number of hydrogen-bond donors (Lipinski definition) is 2. The van der Waals surface area contributed by atoms with E-state index in [1.807, 2.05) is 7.05 Å². The van der Waals surface area contributed by atoms with Gasteiger partial charge in [-0.25, -0.2) is 0 Å². The number of amides is 1. The number of carbonyl (C=O) groups excluding carboxylic acids is 1. The molecule has 12 heavy (non-hydrogen) atoms. The fraction of sp³-hybridized carbons (Fsp3) is 0.429. The van der Waals surface area contributed by atoms with Crippen LogP contribution in [-0.2, 0) is 13.1 Å². The summed E-state index contributed by atoms with van der Waals surface area (Å²) in [7, 11) is 1.98. The molecule has 0 fully saturated rings. The van der Waals surface area contributed by atoms with Gasteiger partial charge in [-0.05, 0) is 7.05 Å². The van der Waals surface area contributed by atoms with Crippen molar-refractivity contribution in [3.8, 4) is 0 Å². The van der Waals surface area contributed by atoms with Crippen LogP contribution in [0.25, 0.3) is 0 Å². The molecule has 64 valence electrons. The van der Waals surface area contributed by atoms with Crippen LogP contribution in [0.15, 0.2) is 0 Å². The van der Waals surface area contributed by atoms with Crippen LogP contribution in [0.2, 0.25) is 0 Å². The van der Waals surface area contributed by atoms with Crippen molar-refractivity contribution in [3.63, 3.8) is 0 Å². The van der Waals surface area contributed by atoms with Crippen molar-refractivity contribution in [3.05, 3.63) is 17.0 Å². The van der Waals surface area contributed by atoms with E-state index in [4.69, 9.17) is 5.73 Å². The van der Waals surface area contributed by atoms with E-state index in [9.17, 15) is 4.79 Å². The van der Waals surface area contributed by atoms with Crippen LogP contribution >= 0.6 is 0 Å². The lowest BCUT2D eigenvalue weighted by molar-refractivity contribution is 0.0994. The molecular weight excluding hydrogens is 156 g/mol. The molecule has 0 saturated carbocycles. The number of nitrogens with one attached hydrogen (secondary N) is 1. The van der Waals surface area contributed by atoms with Crippen molar-refractivity contribution in [1.82, 2.24) is 15.1 Å². The summed E-state index contributed by atoms with van der Waals surface area (Å²) in [4.78, 5) is 12.9. The highest BCUT2D eigenvalue weighted by molar-refractivity contribution is 5.92. The largest absolute Gasteiger partial charge is 0.364 e. The van der Waals surface area contributed by atoms with E-state index in [0.29, 0.717) is 5.69 Å². The van der Waals surface area contributed by atoms with E-state index < -0.39 is 5.91 Å². The van der Waals surface area contributed by atoms with E-state index in [0.717, 1.165) is 24.3 Å². The maximum absolute atomic E-state index is 10.8. The van der Waals surface area contributed by atoms with Crippen LogP contribution in [0.4, 0.5) is 0 Å². The molecule has 0 bridgehead atoms. The molecule has 1 amide bonds. The van der Waals surface area contributed by atoms with Gasteiger partial charge >= 0.3 is 0 Å². The van der Waals surface area contributed by atoms with Crippen molar-refractivity contribution in [2.75, 3.05) is 7.05 Å². The Morgan fingerprint density at radius 1 is 1.67 bits per heavy atom.